The van der Waals surface area contributed by atoms with Crippen LogP contribution < -0.4 is 10.6 Å². The molecule has 3 aliphatic heterocycles. The fraction of sp³-hybridized carbons (Fsp3) is 0.364. The van der Waals surface area contributed by atoms with Crippen LogP contribution >= 0.6 is 11.8 Å². The first kappa shape index (κ1) is 30.8. The topological polar surface area (TPSA) is 103 Å². The van der Waals surface area contributed by atoms with Gasteiger partial charge in [-0.3, -0.25) is 19.5 Å². The van der Waals surface area contributed by atoms with Crippen molar-refractivity contribution in [2.75, 3.05) is 39.5 Å². The van der Waals surface area contributed by atoms with Crippen LogP contribution in [-0.4, -0.2) is 82.3 Å². The van der Waals surface area contributed by atoms with Gasteiger partial charge in [0.1, 0.15) is 17.2 Å². The second-order valence-corrected chi connectivity index (χ2v) is 13.1. The number of amides is 2. The van der Waals surface area contributed by atoms with Crippen LogP contribution in [0, 0.1) is 11.6 Å². The van der Waals surface area contributed by atoms with Crippen molar-refractivity contribution >= 4 is 40.9 Å². The number of thioether (sulfide) groups is 1. The van der Waals surface area contributed by atoms with E-state index in [1.54, 1.807) is 42.4 Å². The van der Waals surface area contributed by atoms with Crippen LogP contribution in [0.25, 0.3) is 0 Å². The Morgan fingerprint density at radius 1 is 1.07 bits per heavy atom. The number of likely N-dealkylation sites (tertiary alicyclic amines) is 1. The molecular formula is C33H35F2N7O2S. The molecule has 3 aliphatic rings. The number of hydrogen-bond donors (Lipinski definition) is 2. The zero-order chi connectivity index (χ0) is 31.9. The number of allylic oxidation sites excluding steroid dienone is 2. The highest BCUT2D eigenvalue weighted by atomic mass is 32.2. The van der Waals surface area contributed by atoms with Gasteiger partial charge in [-0.2, -0.15) is 0 Å². The van der Waals surface area contributed by atoms with E-state index in [0.717, 1.165) is 16.2 Å². The average molecular weight is 632 g/mol. The van der Waals surface area contributed by atoms with Crippen LogP contribution in [0.4, 0.5) is 20.4 Å². The van der Waals surface area contributed by atoms with Gasteiger partial charge in [0.15, 0.2) is 0 Å². The second-order valence-electron chi connectivity index (χ2n) is 11.7. The molecule has 45 heavy (non-hydrogen) atoms. The molecule has 4 heterocycles. The van der Waals surface area contributed by atoms with Crippen molar-refractivity contribution in [1.29, 1.82) is 0 Å². The van der Waals surface area contributed by atoms with E-state index in [1.165, 1.54) is 30.0 Å². The first-order chi connectivity index (χ1) is 21.6. The number of benzene rings is 2. The van der Waals surface area contributed by atoms with Crippen molar-refractivity contribution in [3.63, 3.8) is 0 Å². The van der Waals surface area contributed by atoms with Crippen LogP contribution in [0.5, 0.6) is 0 Å². The quantitative estimate of drug-likeness (QED) is 0.400. The number of anilines is 2. The van der Waals surface area contributed by atoms with Gasteiger partial charge in [-0.15, -0.1) is 11.8 Å². The summed E-state index contributed by atoms with van der Waals surface area (Å²) in [6.07, 6.45) is 4.89. The predicted molar refractivity (Wildman–Crippen MR) is 172 cm³/mol. The maximum Gasteiger partial charge on any atom is 0.253 e. The Bertz CT molecular complexity index is 1680. The van der Waals surface area contributed by atoms with Crippen LogP contribution in [-0.2, 0) is 11.3 Å². The largest absolute Gasteiger partial charge is 0.358 e. The SMILES string of the molecule is CNC(=O)C1(N(C)C)CCN(C(=O)c2ccc(Nc3ncc4c(n3)C3C=C(C)SC3C(c3c(F)cccc3F)=NC4)cc2)CC1. The molecule has 2 atom stereocenters. The number of nitrogens with zero attached hydrogens (tertiary/aromatic N) is 5. The van der Waals surface area contributed by atoms with Gasteiger partial charge in [0.2, 0.25) is 11.9 Å². The molecular weight excluding hydrogens is 596 g/mol. The molecule has 6 rings (SSSR count). The van der Waals surface area contributed by atoms with Gasteiger partial charge in [0.25, 0.3) is 5.91 Å². The van der Waals surface area contributed by atoms with E-state index >= 15 is 0 Å². The summed E-state index contributed by atoms with van der Waals surface area (Å²) in [5, 5.41) is 5.68. The highest BCUT2D eigenvalue weighted by Crippen LogP contribution is 2.46. The first-order valence-corrected chi connectivity index (χ1v) is 15.7. The van der Waals surface area contributed by atoms with Gasteiger partial charge in [-0.25, -0.2) is 18.7 Å². The molecule has 1 saturated heterocycles. The number of aliphatic imine (C=N–C) groups is 1. The molecule has 0 saturated carbocycles. The molecule has 2 amide bonds. The fourth-order valence-corrected chi connectivity index (χ4v) is 7.70. The fourth-order valence-electron chi connectivity index (χ4n) is 6.41. The first-order valence-electron chi connectivity index (χ1n) is 14.9. The minimum absolute atomic E-state index is 0.0321. The smallest absolute Gasteiger partial charge is 0.253 e. The zero-order valence-electron chi connectivity index (χ0n) is 25.6. The Hall–Kier alpha value is -4.16. The molecule has 0 aliphatic carbocycles. The maximum atomic E-state index is 14.8. The molecule has 0 spiro atoms. The van der Waals surface area contributed by atoms with Crippen molar-refractivity contribution in [2.45, 2.75) is 43.0 Å². The second kappa shape index (κ2) is 12.3. The standard InChI is InChI=1S/C33H35F2N7O2S/c1-19-16-23-27-21(17-37-28(29(23)45-19)26-24(34)6-5-7-25(26)35)18-38-32(40-27)39-22-10-8-20(9-11-22)30(43)42-14-12-33(13-15-42,41(3)4)31(44)36-2/h5-11,16,18,23,29H,12-15,17H2,1-4H3,(H,36,44)(H,38,39,40). The third-order valence-corrected chi connectivity index (χ3v) is 10.2. The lowest BCUT2D eigenvalue weighted by molar-refractivity contribution is -0.134. The Morgan fingerprint density at radius 2 is 1.76 bits per heavy atom. The van der Waals surface area contributed by atoms with E-state index in [0.29, 0.717) is 48.8 Å². The number of likely N-dealkylation sites (N-methyl/N-ethyl adjacent to an activating group) is 2. The summed E-state index contributed by atoms with van der Waals surface area (Å²) in [5.74, 6) is -1.24. The van der Waals surface area contributed by atoms with Crippen molar-refractivity contribution in [3.05, 3.63) is 93.7 Å². The van der Waals surface area contributed by atoms with E-state index < -0.39 is 17.2 Å². The summed E-state index contributed by atoms with van der Waals surface area (Å²) < 4.78 is 29.6. The summed E-state index contributed by atoms with van der Waals surface area (Å²) in [6, 6.07) is 11.0. The number of nitrogens with one attached hydrogen (secondary N) is 2. The number of aromatic nitrogens is 2. The van der Waals surface area contributed by atoms with E-state index in [-0.39, 0.29) is 35.1 Å². The van der Waals surface area contributed by atoms with E-state index in [9.17, 15) is 18.4 Å². The van der Waals surface area contributed by atoms with Gasteiger partial charge in [-0.1, -0.05) is 12.1 Å². The van der Waals surface area contributed by atoms with Gasteiger partial charge >= 0.3 is 0 Å². The summed E-state index contributed by atoms with van der Waals surface area (Å²) >= 11 is 1.53. The van der Waals surface area contributed by atoms with Gasteiger partial charge in [0, 0.05) is 49.1 Å². The monoisotopic (exact) mass is 631 g/mol. The lowest BCUT2D eigenvalue weighted by atomic mass is 9.85. The van der Waals surface area contributed by atoms with Crippen molar-refractivity contribution in [2.24, 2.45) is 4.99 Å². The van der Waals surface area contributed by atoms with Crippen molar-refractivity contribution in [3.8, 4) is 0 Å². The summed E-state index contributed by atoms with van der Waals surface area (Å²) in [7, 11) is 5.43. The number of halogens is 2. The van der Waals surface area contributed by atoms with Crippen molar-refractivity contribution < 1.29 is 18.4 Å². The molecule has 2 N–H and O–H groups in total. The lowest BCUT2D eigenvalue weighted by Gasteiger charge is -2.44. The predicted octanol–water partition coefficient (Wildman–Crippen LogP) is 4.89. The third-order valence-electron chi connectivity index (χ3n) is 8.95. The Morgan fingerprint density at radius 3 is 2.40 bits per heavy atom. The summed E-state index contributed by atoms with van der Waals surface area (Å²) in [5.41, 5.74) is 2.49. The molecule has 1 aromatic heterocycles. The minimum Gasteiger partial charge on any atom is -0.358 e. The molecule has 234 valence electrons. The highest BCUT2D eigenvalue weighted by molar-refractivity contribution is 8.04. The van der Waals surface area contributed by atoms with E-state index in [2.05, 4.69) is 26.7 Å². The molecule has 2 aromatic carbocycles. The zero-order valence-corrected chi connectivity index (χ0v) is 26.4. The molecule has 2 unspecified atom stereocenters. The Labute approximate surface area is 265 Å². The normalized spacial score (nSPS) is 20.5. The average Bonchev–Trinajstić information content (AvgIpc) is 3.37. The molecule has 0 radical (unpaired) electrons. The van der Waals surface area contributed by atoms with Gasteiger partial charge in [0.05, 0.1) is 28.8 Å². The van der Waals surface area contributed by atoms with Crippen LogP contribution in [0.3, 0.4) is 0 Å². The number of rotatable bonds is 6. The molecule has 0 bridgehead atoms. The molecule has 3 aromatic rings. The van der Waals surface area contributed by atoms with Crippen LogP contribution in [0.2, 0.25) is 0 Å². The number of carbonyl (C=O) groups is 2. The number of fused-ring (bicyclic) bond motifs is 3. The highest BCUT2D eigenvalue weighted by Gasteiger charge is 2.44. The summed E-state index contributed by atoms with van der Waals surface area (Å²) in [4.78, 5) is 44.7. The van der Waals surface area contributed by atoms with Crippen LogP contribution in [0.15, 0.2) is 64.6 Å². The van der Waals surface area contributed by atoms with Gasteiger partial charge < -0.3 is 15.5 Å². The molecule has 1 fully saturated rings. The van der Waals surface area contributed by atoms with E-state index in [4.69, 9.17) is 4.98 Å². The van der Waals surface area contributed by atoms with E-state index in [1.807, 2.05) is 25.9 Å². The molecule has 9 nitrogen and oxygen atoms in total. The lowest BCUT2D eigenvalue weighted by Crippen LogP contribution is -2.61. The number of carbonyl (C=O) groups excluding carboxylic acids is 2. The Kier molecular flexibility index (Phi) is 8.45. The Balaban J connectivity index is 1.17. The van der Waals surface area contributed by atoms with Crippen LogP contribution in [0.1, 0.15) is 52.9 Å². The van der Waals surface area contributed by atoms with Crippen molar-refractivity contribution in [1.82, 2.24) is 25.1 Å². The third kappa shape index (κ3) is 5.72. The minimum atomic E-state index is -0.634. The maximum absolute atomic E-state index is 14.8. The number of hydrogen-bond acceptors (Lipinski definition) is 8. The van der Waals surface area contributed by atoms with Gasteiger partial charge in [-0.05, 0) is 75.2 Å². The summed E-state index contributed by atoms with van der Waals surface area (Å²) in [6.45, 7) is 3.15. The molecule has 12 heteroatoms. The number of piperidine rings is 1.